The van der Waals surface area contributed by atoms with E-state index < -0.39 is 21.8 Å². The Hall–Kier alpha value is -2.66. The lowest BCUT2D eigenvalue weighted by Gasteiger charge is -2.13. The summed E-state index contributed by atoms with van der Waals surface area (Å²) >= 11 is 0. The largest absolute Gasteiger partial charge is 0.494 e. The number of anilines is 1. The summed E-state index contributed by atoms with van der Waals surface area (Å²) < 4.78 is 47.3. The molecule has 0 unspecified atom stereocenters. The lowest BCUT2D eigenvalue weighted by atomic mass is 10.1. The molecule has 2 N–H and O–H groups in total. The van der Waals surface area contributed by atoms with E-state index in [9.17, 15) is 22.7 Å². The van der Waals surface area contributed by atoms with Crippen molar-refractivity contribution in [2.75, 3.05) is 38.8 Å². The summed E-state index contributed by atoms with van der Waals surface area (Å²) in [7, 11) is -0.669. The van der Waals surface area contributed by atoms with Gasteiger partial charge in [0.2, 0.25) is 10.0 Å². The van der Waals surface area contributed by atoms with Crippen LogP contribution in [0.5, 0.6) is 5.75 Å². The Bertz CT molecular complexity index is 912. The number of aromatic nitrogens is 1. The van der Waals surface area contributed by atoms with Crippen molar-refractivity contribution >= 4 is 21.8 Å². The maximum absolute atomic E-state index is 13.5. The first-order valence-corrected chi connectivity index (χ1v) is 9.22. The highest BCUT2D eigenvalue weighted by Gasteiger charge is 2.24. The smallest absolute Gasteiger partial charge is 0.343 e. The predicted molar refractivity (Wildman–Crippen MR) is 91.4 cm³/mol. The lowest BCUT2D eigenvalue weighted by molar-refractivity contribution is 0.0698. The van der Waals surface area contributed by atoms with Crippen LogP contribution >= 0.6 is 0 Å². The van der Waals surface area contributed by atoms with Crippen LogP contribution in [-0.2, 0) is 10.0 Å². The Morgan fingerprint density at radius 2 is 2.15 bits per heavy atom. The minimum atomic E-state index is -3.35. The molecule has 0 saturated heterocycles. The fourth-order valence-corrected chi connectivity index (χ4v) is 2.53. The first-order valence-electron chi connectivity index (χ1n) is 7.37. The summed E-state index contributed by atoms with van der Waals surface area (Å²) in [5.74, 6) is -2.11. The highest BCUT2D eigenvalue weighted by Crippen LogP contribution is 2.32. The second-order valence-electron chi connectivity index (χ2n) is 5.40. The number of ether oxygens (including phenoxy) is 1. The fraction of sp³-hybridized carbons (Fsp3) is 0.333. The van der Waals surface area contributed by atoms with E-state index in [4.69, 9.17) is 9.26 Å². The molecular weight excluding hydrogens is 369 g/mol. The van der Waals surface area contributed by atoms with E-state index in [2.05, 4.69) is 10.5 Å². The summed E-state index contributed by atoms with van der Waals surface area (Å²) in [5, 5.41) is 15.9. The van der Waals surface area contributed by atoms with Crippen molar-refractivity contribution in [3.05, 3.63) is 29.6 Å². The van der Waals surface area contributed by atoms with Crippen LogP contribution in [0.15, 0.2) is 22.7 Å². The topological polar surface area (TPSA) is 122 Å². The first kappa shape index (κ1) is 19.7. The molecular formula is C15H18FN3O6S. The molecule has 9 nitrogen and oxygen atoms in total. The summed E-state index contributed by atoms with van der Waals surface area (Å²) in [6, 6.07) is 3.76. The molecule has 1 aromatic heterocycles. The molecule has 2 aromatic rings. The molecule has 0 bridgehead atoms. The number of nitrogens with one attached hydrogen (secondary N) is 1. The summed E-state index contributed by atoms with van der Waals surface area (Å²) in [6.45, 7) is 0.215. The van der Waals surface area contributed by atoms with Crippen molar-refractivity contribution in [1.82, 2.24) is 9.46 Å². The van der Waals surface area contributed by atoms with Crippen molar-refractivity contribution < 1.29 is 32.0 Å². The third-order valence-electron chi connectivity index (χ3n) is 3.60. The Morgan fingerprint density at radius 3 is 2.73 bits per heavy atom. The molecule has 0 amide bonds. The molecule has 2 rings (SSSR count). The van der Waals surface area contributed by atoms with Gasteiger partial charge in [-0.3, -0.25) is 0 Å². The van der Waals surface area contributed by atoms with Gasteiger partial charge in [0.15, 0.2) is 28.7 Å². The second kappa shape index (κ2) is 7.70. The van der Waals surface area contributed by atoms with Gasteiger partial charge in [0.1, 0.15) is 0 Å². The number of carboxylic acid groups (broad SMARTS) is 1. The van der Waals surface area contributed by atoms with Gasteiger partial charge in [0, 0.05) is 25.7 Å². The Balaban J connectivity index is 2.27. The quantitative estimate of drug-likeness (QED) is 0.699. The number of aromatic carboxylic acids is 1. The van der Waals surface area contributed by atoms with Crippen molar-refractivity contribution in [3.63, 3.8) is 0 Å². The second-order valence-corrected chi connectivity index (χ2v) is 7.49. The van der Waals surface area contributed by atoms with Gasteiger partial charge in [-0.05, 0) is 18.2 Å². The molecule has 0 aliphatic rings. The molecule has 0 radical (unpaired) electrons. The molecule has 0 aliphatic carbocycles. The molecule has 1 aromatic carbocycles. The van der Waals surface area contributed by atoms with Crippen LogP contribution in [0.1, 0.15) is 10.4 Å². The van der Waals surface area contributed by atoms with Crippen LogP contribution < -0.4 is 10.1 Å². The van der Waals surface area contributed by atoms with Gasteiger partial charge in [-0.1, -0.05) is 5.16 Å². The van der Waals surface area contributed by atoms with Crippen LogP contribution in [0.4, 0.5) is 10.2 Å². The average Bonchev–Trinajstić information content (AvgIpc) is 2.98. The van der Waals surface area contributed by atoms with Crippen molar-refractivity contribution in [2.24, 2.45) is 0 Å². The van der Waals surface area contributed by atoms with Crippen LogP contribution in [0, 0.1) is 5.82 Å². The van der Waals surface area contributed by atoms with Gasteiger partial charge in [0.25, 0.3) is 0 Å². The number of sulfonamides is 1. The standard InChI is InChI=1S/C15H18FN3O6S/c1-19(26(3,22)23)7-6-17-14-12(15(20)21)13(25-18-14)9-4-5-10(16)11(8-9)24-2/h4-5,8H,6-7H2,1-3H3,(H,17,18)(H,20,21). The molecule has 0 fully saturated rings. The molecule has 0 saturated carbocycles. The van der Waals surface area contributed by atoms with E-state index in [-0.39, 0.29) is 41.5 Å². The van der Waals surface area contributed by atoms with Crippen molar-refractivity contribution in [3.8, 4) is 17.1 Å². The van der Waals surface area contributed by atoms with Crippen LogP contribution in [0.3, 0.4) is 0 Å². The maximum Gasteiger partial charge on any atom is 0.343 e. The third kappa shape index (κ3) is 4.29. The average molecular weight is 387 g/mol. The number of methoxy groups -OCH3 is 1. The minimum Gasteiger partial charge on any atom is -0.494 e. The number of benzene rings is 1. The minimum absolute atomic E-state index is 0.0577. The Labute approximate surface area is 149 Å². The number of hydrogen-bond donors (Lipinski definition) is 2. The number of carbonyl (C=O) groups is 1. The monoisotopic (exact) mass is 387 g/mol. The zero-order valence-electron chi connectivity index (χ0n) is 14.3. The number of hydrogen-bond acceptors (Lipinski definition) is 7. The van der Waals surface area contributed by atoms with E-state index >= 15 is 0 Å². The zero-order chi connectivity index (χ0) is 19.5. The van der Waals surface area contributed by atoms with Gasteiger partial charge in [-0.25, -0.2) is 21.9 Å². The summed E-state index contributed by atoms with van der Waals surface area (Å²) in [6.07, 6.45) is 1.06. The number of halogens is 1. The van der Waals surface area contributed by atoms with E-state index in [1.807, 2.05) is 0 Å². The van der Waals surface area contributed by atoms with Gasteiger partial charge in [-0.15, -0.1) is 0 Å². The maximum atomic E-state index is 13.5. The van der Waals surface area contributed by atoms with E-state index in [1.54, 1.807) is 0 Å². The Morgan fingerprint density at radius 1 is 1.46 bits per heavy atom. The Kier molecular flexibility index (Phi) is 5.83. The predicted octanol–water partition coefficient (Wildman–Crippen LogP) is 1.49. The first-order chi connectivity index (χ1) is 12.1. The van der Waals surface area contributed by atoms with Crippen molar-refractivity contribution in [1.29, 1.82) is 0 Å². The van der Waals surface area contributed by atoms with Gasteiger partial charge in [0.05, 0.1) is 13.4 Å². The van der Waals surface area contributed by atoms with E-state index in [1.165, 1.54) is 26.3 Å². The normalized spacial score (nSPS) is 11.6. The number of rotatable bonds is 8. The molecule has 11 heteroatoms. The lowest BCUT2D eigenvalue weighted by Crippen LogP contribution is -2.30. The van der Waals surface area contributed by atoms with Gasteiger partial charge >= 0.3 is 5.97 Å². The summed E-state index contributed by atoms with van der Waals surface area (Å²) in [4.78, 5) is 11.6. The highest BCUT2D eigenvalue weighted by atomic mass is 32.2. The van der Waals surface area contributed by atoms with Gasteiger partial charge < -0.3 is 19.7 Å². The van der Waals surface area contributed by atoms with Crippen LogP contribution in [0.2, 0.25) is 0 Å². The summed E-state index contributed by atoms with van der Waals surface area (Å²) in [5.41, 5.74) is 0.0233. The number of nitrogens with zero attached hydrogens (tertiary/aromatic N) is 2. The zero-order valence-corrected chi connectivity index (χ0v) is 15.1. The molecule has 26 heavy (non-hydrogen) atoms. The van der Waals surface area contributed by atoms with Crippen LogP contribution in [-0.4, -0.2) is 62.5 Å². The number of likely N-dealkylation sites (N-methyl/N-ethyl adjacent to an activating group) is 1. The molecule has 0 spiro atoms. The van der Waals surface area contributed by atoms with Crippen molar-refractivity contribution in [2.45, 2.75) is 0 Å². The molecule has 142 valence electrons. The number of carboxylic acids is 1. The van der Waals surface area contributed by atoms with Crippen LogP contribution in [0.25, 0.3) is 11.3 Å². The fourth-order valence-electron chi connectivity index (χ4n) is 2.10. The highest BCUT2D eigenvalue weighted by molar-refractivity contribution is 7.88. The third-order valence-corrected chi connectivity index (χ3v) is 4.92. The van der Waals surface area contributed by atoms with E-state index in [0.29, 0.717) is 0 Å². The SMILES string of the molecule is COc1cc(-c2onc(NCCN(C)S(C)(=O)=O)c2C(=O)O)ccc1F. The van der Waals surface area contributed by atoms with E-state index in [0.717, 1.165) is 16.6 Å². The van der Waals surface area contributed by atoms with Gasteiger partial charge in [-0.2, -0.15) is 0 Å². The molecule has 0 atom stereocenters. The molecule has 0 aliphatic heterocycles. The molecule has 1 heterocycles.